The number of hydrogen-bond donors (Lipinski definition) is 7. The Morgan fingerprint density at radius 1 is 0.610 bits per heavy atom. The number of Topliss-reactive ketones (excluding diaryl/α,β-unsaturated/α-hetero) is 1. The van der Waals surface area contributed by atoms with Crippen molar-refractivity contribution in [2.45, 2.75) is 110 Å². The summed E-state index contributed by atoms with van der Waals surface area (Å²) in [7, 11) is 0. The van der Waals surface area contributed by atoms with E-state index in [0.29, 0.717) is 6.42 Å². The maximum absolute atomic E-state index is 13.1. The Bertz CT molecular complexity index is 951. The number of aliphatic carboxylic acids is 3. The topological polar surface area (TPSA) is 245 Å². The highest BCUT2D eigenvalue weighted by Gasteiger charge is 2.33. The Balaban J connectivity index is 5.78. The lowest BCUT2D eigenvalue weighted by Crippen LogP contribution is -2.59. The molecule has 0 radical (unpaired) electrons. The number of carboxylic acids is 3. The van der Waals surface area contributed by atoms with Crippen LogP contribution in [0.25, 0.3) is 0 Å². The van der Waals surface area contributed by atoms with Crippen LogP contribution >= 0.6 is 0 Å². The molecular weight excluding hydrogens is 544 g/mol. The molecule has 15 nitrogen and oxygen atoms in total. The number of amides is 4. The van der Waals surface area contributed by atoms with Crippen LogP contribution in [0.2, 0.25) is 0 Å². The lowest BCUT2D eigenvalue weighted by atomic mass is 9.99. The minimum atomic E-state index is -1.56. The van der Waals surface area contributed by atoms with E-state index in [-0.39, 0.29) is 6.42 Å². The number of hydrogen-bond acceptors (Lipinski definition) is 8. The number of ketones is 1. The van der Waals surface area contributed by atoms with Crippen LogP contribution in [0.5, 0.6) is 0 Å². The minimum absolute atomic E-state index is 0.0615. The average Bonchev–Trinajstić information content (AvgIpc) is 2.85. The Kier molecular flexibility index (Phi) is 17.2. The van der Waals surface area contributed by atoms with Crippen LogP contribution in [0.1, 0.15) is 85.5 Å². The van der Waals surface area contributed by atoms with Gasteiger partial charge in [0.05, 0.1) is 18.9 Å². The van der Waals surface area contributed by atoms with Gasteiger partial charge in [-0.3, -0.25) is 38.4 Å². The molecule has 0 aliphatic heterocycles. The van der Waals surface area contributed by atoms with Crippen molar-refractivity contribution in [3.05, 3.63) is 0 Å². The van der Waals surface area contributed by atoms with Gasteiger partial charge in [-0.05, 0) is 18.8 Å². The highest BCUT2D eigenvalue weighted by molar-refractivity contribution is 5.97. The molecule has 15 heteroatoms. The van der Waals surface area contributed by atoms with E-state index >= 15 is 0 Å². The monoisotopic (exact) mass is 586 g/mol. The van der Waals surface area contributed by atoms with Crippen LogP contribution in [0, 0.1) is 5.92 Å². The number of rotatable bonds is 21. The van der Waals surface area contributed by atoms with Crippen LogP contribution in [0.4, 0.5) is 0 Å². The fourth-order valence-electron chi connectivity index (χ4n) is 3.81. The van der Waals surface area contributed by atoms with Crippen LogP contribution in [0.15, 0.2) is 0 Å². The van der Waals surface area contributed by atoms with Crippen LogP contribution in [-0.4, -0.2) is 86.8 Å². The fraction of sp³-hybridized carbons (Fsp3) is 0.692. The van der Waals surface area contributed by atoms with E-state index < -0.39 is 103 Å². The van der Waals surface area contributed by atoms with Gasteiger partial charge in [0.15, 0.2) is 5.78 Å². The van der Waals surface area contributed by atoms with Crippen molar-refractivity contribution >= 4 is 47.3 Å². The van der Waals surface area contributed by atoms with E-state index in [0.717, 1.165) is 26.2 Å². The molecule has 0 heterocycles. The summed E-state index contributed by atoms with van der Waals surface area (Å²) in [5.74, 6) is -8.70. The summed E-state index contributed by atoms with van der Waals surface area (Å²) in [6.07, 6.45) is 0.689. The molecule has 0 saturated heterocycles. The molecule has 232 valence electrons. The van der Waals surface area contributed by atoms with Crippen LogP contribution in [-0.2, 0) is 38.4 Å². The van der Waals surface area contributed by atoms with Gasteiger partial charge in [0, 0.05) is 19.8 Å². The molecule has 0 saturated carbocycles. The zero-order valence-electron chi connectivity index (χ0n) is 23.9. The van der Waals surface area contributed by atoms with Gasteiger partial charge in [-0.2, -0.15) is 0 Å². The largest absolute Gasteiger partial charge is 0.481 e. The van der Waals surface area contributed by atoms with Crippen molar-refractivity contribution in [2.75, 3.05) is 0 Å². The van der Waals surface area contributed by atoms with Gasteiger partial charge >= 0.3 is 17.9 Å². The first-order chi connectivity index (χ1) is 19.1. The van der Waals surface area contributed by atoms with Crippen LogP contribution in [0.3, 0.4) is 0 Å². The Labute approximate surface area is 238 Å². The first-order valence-electron chi connectivity index (χ1n) is 13.4. The second-order valence-corrected chi connectivity index (χ2v) is 10.0. The molecule has 41 heavy (non-hydrogen) atoms. The second kappa shape index (κ2) is 19.1. The predicted molar refractivity (Wildman–Crippen MR) is 143 cm³/mol. The van der Waals surface area contributed by atoms with E-state index in [2.05, 4.69) is 21.3 Å². The SMILES string of the molecule is CCCCCCC(=O)[C@H](CC(=O)O)NC(=O)[C@@H](NC(=O)[C@H](CCC(=O)O)NC(=O)[C@H](CC(=O)O)NC(C)=O)C(C)C. The van der Waals surface area contributed by atoms with E-state index in [1.807, 2.05) is 6.92 Å². The van der Waals surface area contributed by atoms with Gasteiger partial charge < -0.3 is 36.6 Å². The summed E-state index contributed by atoms with van der Waals surface area (Å²) in [5.41, 5.74) is 0. The first kappa shape index (κ1) is 37.0. The normalized spacial score (nSPS) is 13.7. The molecule has 0 aliphatic carbocycles. The number of carbonyl (C=O) groups excluding carboxylic acids is 5. The molecule has 4 amide bonds. The molecule has 0 aliphatic rings. The lowest BCUT2D eigenvalue weighted by Gasteiger charge is -2.27. The lowest BCUT2D eigenvalue weighted by molar-refractivity contribution is -0.142. The molecule has 0 aromatic heterocycles. The third-order valence-electron chi connectivity index (χ3n) is 5.96. The molecule has 0 unspecified atom stereocenters. The molecule has 7 N–H and O–H groups in total. The second-order valence-electron chi connectivity index (χ2n) is 10.0. The van der Waals surface area contributed by atoms with Crippen molar-refractivity contribution in [2.24, 2.45) is 5.92 Å². The summed E-state index contributed by atoms with van der Waals surface area (Å²) in [4.78, 5) is 96.6. The van der Waals surface area contributed by atoms with Crippen molar-refractivity contribution in [3.8, 4) is 0 Å². The zero-order chi connectivity index (χ0) is 31.7. The smallest absolute Gasteiger partial charge is 0.305 e. The summed E-state index contributed by atoms with van der Waals surface area (Å²) in [6.45, 7) is 6.17. The van der Waals surface area contributed by atoms with E-state index in [9.17, 15) is 43.5 Å². The average molecular weight is 587 g/mol. The molecular formula is C26H42N4O11. The summed E-state index contributed by atoms with van der Waals surface area (Å²) in [5, 5.41) is 36.5. The molecule has 4 atom stereocenters. The third-order valence-corrected chi connectivity index (χ3v) is 5.96. The Morgan fingerprint density at radius 3 is 1.63 bits per heavy atom. The zero-order valence-corrected chi connectivity index (χ0v) is 23.9. The highest BCUT2D eigenvalue weighted by atomic mass is 16.4. The maximum atomic E-state index is 13.1. The summed E-state index contributed by atoms with van der Waals surface area (Å²) < 4.78 is 0. The molecule has 0 spiro atoms. The minimum Gasteiger partial charge on any atom is -0.481 e. The standard InChI is InChI=1S/C26H42N4O11/c1-5-6-7-8-9-19(32)17(12-21(35)36)29-26(41)23(14(2)3)30-24(39)16(10-11-20(33)34)28-25(40)18(13-22(37)38)27-15(4)31/h14,16-18,23H,5-13H2,1-4H3,(H,27,31)(H,28,40)(H,29,41)(H,30,39)(H,33,34)(H,35,36)(H,37,38)/t16-,17-,18-,23-/m0/s1. The van der Waals surface area contributed by atoms with Gasteiger partial charge in [-0.1, -0.05) is 40.0 Å². The van der Waals surface area contributed by atoms with Gasteiger partial charge in [0.2, 0.25) is 23.6 Å². The van der Waals surface area contributed by atoms with Crippen molar-refractivity contribution in [1.82, 2.24) is 21.3 Å². The molecule has 0 fully saturated rings. The van der Waals surface area contributed by atoms with E-state index in [4.69, 9.17) is 10.2 Å². The maximum Gasteiger partial charge on any atom is 0.305 e. The number of carboxylic acid groups (broad SMARTS) is 3. The molecule has 0 aromatic carbocycles. The van der Waals surface area contributed by atoms with Crippen molar-refractivity contribution in [3.63, 3.8) is 0 Å². The molecule has 0 bridgehead atoms. The van der Waals surface area contributed by atoms with Gasteiger partial charge in [0.25, 0.3) is 0 Å². The summed E-state index contributed by atoms with van der Waals surface area (Å²) >= 11 is 0. The van der Waals surface area contributed by atoms with Crippen molar-refractivity contribution in [1.29, 1.82) is 0 Å². The Hall–Kier alpha value is -4.04. The summed E-state index contributed by atoms with van der Waals surface area (Å²) in [6, 6.07) is -5.74. The quantitative estimate of drug-likeness (QED) is 0.0879. The number of unbranched alkanes of at least 4 members (excludes halogenated alkanes) is 3. The number of nitrogens with one attached hydrogen (secondary N) is 4. The van der Waals surface area contributed by atoms with Gasteiger partial charge in [0.1, 0.15) is 18.1 Å². The molecule has 0 aromatic rings. The first-order valence-corrected chi connectivity index (χ1v) is 13.4. The van der Waals surface area contributed by atoms with Crippen molar-refractivity contribution < 1.29 is 53.7 Å². The Morgan fingerprint density at radius 2 is 1.15 bits per heavy atom. The molecule has 0 rings (SSSR count). The predicted octanol–water partition coefficient (Wildman–Crippen LogP) is -0.0448. The fourth-order valence-corrected chi connectivity index (χ4v) is 3.81. The number of carbonyl (C=O) groups is 8. The van der Waals surface area contributed by atoms with Gasteiger partial charge in [-0.15, -0.1) is 0 Å². The van der Waals surface area contributed by atoms with Crippen LogP contribution < -0.4 is 21.3 Å². The third kappa shape index (κ3) is 16.0. The highest BCUT2D eigenvalue weighted by Crippen LogP contribution is 2.10. The van der Waals surface area contributed by atoms with E-state index in [1.54, 1.807) is 13.8 Å². The van der Waals surface area contributed by atoms with Gasteiger partial charge in [-0.25, -0.2) is 0 Å². The van der Waals surface area contributed by atoms with E-state index in [1.165, 1.54) is 0 Å².